The minimum absolute atomic E-state index is 0.407. The monoisotopic (exact) mass is 309 g/mol. The van der Waals surface area contributed by atoms with Gasteiger partial charge in [-0.25, -0.2) is 0 Å². The van der Waals surface area contributed by atoms with E-state index in [4.69, 9.17) is 11.6 Å². The smallest absolute Gasteiger partial charge is 0.0934 e. The zero-order chi connectivity index (χ0) is 13.2. The van der Waals surface area contributed by atoms with Gasteiger partial charge >= 0.3 is 0 Å². The van der Waals surface area contributed by atoms with E-state index in [9.17, 15) is 0 Å². The maximum Gasteiger partial charge on any atom is 0.0934 e. The molecule has 1 atom stereocenters. The molecule has 4 heteroatoms. The first-order chi connectivity index (χ1) is 9.26. The van der Waals surface area contributed by atoms with E-state index in [1.54, 1.807) is 23.1 Å². The maximum absolute atomic E-state index is 6.15. The van der Waals surface area contributed by atoms with E-state index in [2.05, 4.69) is 41.9 Å². The van der Waals surface area contributed by atoms with E-state index in [-0.39, 0.29) is 0 Å². The molecule has 1 N–H and O–H groups in total. The Hall–Kier alpha value is -0.640. The topological polar surface area (TPSA) is 12.0 Å². The fourth-order valence-electron chi connectivity index (χ4n) is 2.59. The highest BCUT2D eigenvalue weighted by Gasteiger charge is 2.22. The van der Waals surface area contributed by atoms with Crippen LogP contribution in [0.2, 0.25) is 4.34 Å². The van der Waals surface area contributed by atoms with Crippen molar-refractivity contribution in [2.24, 2.45) is 0 Å². The van der Waals surface area contributed by atoms with Gasteiger partial charge in [0.25, 0.3) is 0 Å². The minimum atomic E-state index is 0.407. The molecule has 1 aliphatic carbocycles. The lowest BCUT2D eigenvalue weighted by molar-refractivity contribution is 0.609. The summed E-state index contributed by atoms with van der Waals surface area (Å²) in [6.07, 6.45) is 5.71. The summed E-state index contributed by atoms with van der Waals surface area (Å²) in [5.41, 5.74) is 2.60. The first-order valence-electron chi connectivity index (χ1n) is 6.45. The highest BCUT2D eigenvalue weighted by atomic mass is 35.5. The molecule has 1 aliphatic rings. The van der Waals surface area contributed by atoms with E-state index in [1.807, 2.05) is 0 Å². The number of hydrogen-bond donors (Lipinski definition) is 1. The van der Waals surface area contributed by atoms with E-state index in [0.717, 1.165) is 4.34 Å². The van der Waals surface area contributed by atoms with Crippen LogP contribution in [0.5, 0.6) is 0 Å². The third-order valence-corrected chi connectivity index (χ3v) is 5.56. The molecular formula is C15H16ClNS2. The SMILES string of the molecule is CSc1cccc(NC2CCCc3sc(Cl)cc32)c1. The van der Waals surface area contributed by atoms with Crippen LogP contribution in [0.4, 0.5) is 5.69 Å². The van der Waals surface area contributed by atoms with Gasteiger partial charge < -0.3 is 5.32 Å². The second-order valence-electron chi connectivity index (χ2n) is 4.75. The zero-order valence-corrected chi connectivity index (χ0v) is 13.2. The number of fused-ring (bicyclic) bond motifs is 1. The normalized spacial score (nSPS) is 18.1. The fourth-order valence-corrected chi connectivity index (χ4v) is 4.43. The number of anilines is 1. The summed E-state index contributed by atoms with van der Waals surface area (Å²) in [4.78, 5) is 2.75. The molecule has 0 saturated carbocycles. The van der Waals surface area contributed by atoms with Crippen LogP contribution in [0.3, 0.4) is 0 Å². The van der Waals surface area contributed by atoms with Crippen LogP contribution in [0.25, 0.3) is 0 Å². The zero-order valence-electron chi connectivity index (χ0n) is 10.8. The highest BCUT2D eigenvalue weighted by molar-refractivity contribution is 7.98. The molecule has 1 aromatic heterocycles. The van der Waals surface area contributed by atoms with Gasteiger partial charge in [-0.05, 0) is 55.3 Å². The minimum Gasteiger partial charge on any atom is -0.378 e. The first-order valence-corrected chi connectivity index (χ1v) is 8.87. The van der Waals surface area contributed by atoms with Gasteiger partial charge in [0.1, 0.15) is 0 Å². The number of rotatable bonds is 3. The summed E-state index contributed by atoms with van der Waals surface area (Å²) < 4.78 is 0.913. The Morgan fingerprint density at radius 3 is 3.11 bits per heavy atom. The molecule has 1 heterocycles. The Morgan fingerprint density at radius 1 is 1.37 bits per heavy atom. The third-order valence-electron chi connectivity index (χ3n) is 3.49. The largest absolute Gasteiger partial charge is 0.378 e. The van der Waals surface area contributed by atoms with Crippen molar-refractivity contribution in [3.63, 3.8) is 0 Å². The van der Waals surface area contributed by atoms with E-state index in [0.29, 0.717) is 6.04 Å². The molecule has 0 bridgehead atoms. The number of hydrogen-bond acceptors (Lipinski definition) is 3. The molecule has 19 heavy (non-hydrogen) atoms. The summed E-state index contributed by atoms with van der Waals surface area (Å²) in [5, 5.41) is 3.66. The molecule has 1 aromatic carbocycles. The van der Waals surface area contributed by atoms with Crippen molar-refractivity contribution in [1.29, 1.82) is 0 Å². The predicted molar refractivity (Wildman–Crippen MR) is 86.9 cm³/mol. The number of benzene rings is 1. The summed E-state index contributed by atoms with van der Waals surface area (Å²) in [6.45, 7) is 0. The van der Waals surface area contributed by atoms with Crippen LogP contribution < -0.4 is 5.32 Å². The number of halogens is 1. The lowest BCUT2D eigenvalue weighted by Crippen LogP contribution is -2.15. The quantitative estimate of drug-likeness (QED) is 0.739. The lowest BCUT2D eigenvalue weighted by Gasteiger charge is -2.24. The van der Waals surface area contributed by atoms with Gasteiger partial charge in [-0.15, -0.1) is 23.1 Å². The number of thioether (sulfide) groups is 1. The molecule has 1 nitrogen and oxygen atoms in total. The maximum atomic E-state index is 6.15. The average Bonchev–Trinajstić information content (AvgIpc) is 2.80. The molecule has 0 amide bonds. The van der Waals surface area contributed by atoms with Crippen LogP contribution >= 0.6 is 34.7 Å². The van der Waals surface area contributed by atoms with Crippen LogP contribution in [0.1, 0.15) is 29.3 Å². The summed E-state index contributed by atoms with van der Waals surface area (Å²) in [6, 6.07) is 11.2. The predicted octanol–water partition coefficient (Wildman–Crippen LogP) is 5.61. The van der Waals surface area contributed by atoms with Gasteiger partial charge in [0.15, 0.2) is 0 Å². The van der Waals surface area contributed by atoms with Crippen LogP contribution in [0.15, 0.2) is 35.2 Å². The van der Waals surface area contributed by atoms with Crippen molar-refractivity contribution >= 4 is 40.4 Å². The molecule has 100 valence electrons. The lowest BCUT2D eigenvalue weighted by atomic mass is 9.94. The molecule has 0 aliphatic heterocycles. The van der Waals surface area contributed by atoms with Gasteiger partial charge in [-0.2, -0.15) is 0 Å². The molecular weight excluding hydrogens is 294 g/mol. The van der Waals surface area contributed by atoms with E-state index >= 15 is 0 Å². The van der Waals surface area contributed by atoms with Crippen molar-refractivity contribution in [1.82, 2.24) is 0 Å². The summed E-state index contributed by atoms with van der Waals surface area (Å²) in [5.74, 6) is 0. The van der Waals surface area contributed by atoms with Gasteiger partial charge in [0.2, 0.25) is 0 Å². The second kappa shape index (κ2) is 5.78. The Kier molecular flexibility index (Phi) is 4.06. The Labute approximate surface area is 127 Å². The molecule has 0 saturated heterocycles. The van der Waals surface area contributed by atoms with Crippen LogP contribution in [0, 0.1) is 0 Å². The molecule has 0 radical (unpaired) electrons. The Balaban J connectivity index is 1.83. The van der Waals surface area contributed by atoms with Gasteiger partial charge in [-0.1, -0.05) is 17.7 Å². The molecule has 2 aromatic rings. The van der Waals surface area contributed by atoms with E-state index in [1.165, 1.54) is 40.3 Å². The van der Waals surface area contributed by atoms with Crippen molar-refractivity contribution in [2.45, 2.75) is 30.2 Å². The second-order valence-corrected chi connectivity index (χ2v) is 7.40. The van der Waals surface area contributed by atoms with Gasteiger partial charge in [-0.3, -0.25) is 0 Å². The highest BCUT2D eigenvalue weighted by Crippen LogP contribution is 2.39. The van der Waals surface area contributed by atoms with Crippen LogP contribution in [-0.2, 0) is 6.42 Å². The Bertz CT molecular complexity index is 579. The molecule has 1 unspecified atom stereocenters. The van der Waals surface area contributed by atoms with E-state index < -0.39 is 0 Å². The number of nitrogens with one attached hydrogen (secondary N) is 1. The van der Waals surface area contributed by atoms with Crippen molar-refractivity contribution in [2.75, 3.05) is 11.6 Å². The molecule has 0 fully saturated rings. The van der Waals surface area contributed by atoms with Gasteiger partial charge in [0.05, 0.1) is 10.4 Å². The van der Waals surface area contributed by atoms with Crippen molar-refractivity contribution < 1.29 is 0 Å². The summed E-state index contributed by atoms with van der Waals surface area (Å²) in [7, 11) is 0. The van der Waals surface area contributed by atoms with Crippen molar-refractivity contribution in [3.05, 3.63) is 45.1 Å². The summed E-state index contributed by atoms with van der Waals surface area (Å²) >= 11 is 9.66. The number of aryl methyl sites for hydroxylation is 1. The van der Waals surface area contributed by atoms with Crippen molar-refractivity contribution in [3.8, 4) is 0 Å². The molecule has 0 spiro atoms. The first kappa shape index (κ1) is 13.3. The molecule has 3 rings (SSSR count). The standard InChI is InChI=1S/C15H16ClNS2/c1-18-11-5-2-4-10(8-11)17-13-6-3-7-14-12(13)9-15(16)19-14/h2,4-5,8-9,13,17H,3,6-7H2,1H3. The average molecular weight is 310 g/mol. The van der Waals surface area contributed by atoms with Crippen LogP contribution in [-0.4, -0.2) is 6.26 Å². The Morgan fingerprint density at radius 2 is 2.26 bits per heavy atom. The fraction of sp³-hybridized carbons (Fsp3) is 0.333. The number of thiophene rings is 1. The third kappa shape index (κ3) is 2.93. The van der Waals surface area contributed by atoms with Gasteiger partial charge in [0, 0.05) is 15.5 Å².